The van der Waals surface area contributed by atoms with E-state index in [2.05, 4.69) is 20.6 Å². The monoisotopic (exact) mass is 407 g/mol. The van der Waals surface area contributed by atoms with Crippen molar-refractivity contribution in [3.63, 3.8) is 0 Å². The van der Waals surface area contributed by atoms with Gasteiger partial charge in [0, 0.05) is 23.9 Å². The first-order chi connectivity index (χ1) is 14.4. The molecule has 3 heterocycles. The Bertz CT molecular complexity index is 1230. The molecule has 0 radical (unpaired) electrons. The van der Waals surface area contributed by atoms with Crippen molar-refractivity contribution in [1.29, 1.82) is 0 Å². The number of aryl methyl sites for hydroxylation is 3. The minimum atomic E-state index is -0.342. The molecular weight excluding hydrogens is 385 g/mol. The minimum absolute atomic E-state index is 0.240. The molecule has 0 aliphatic carbocycles. The molecule has 0 aliphatic heterocycles. The van der Waals surface area contributed by atoms with E-state index in [1.165, 1.54) is 12.1 Å². The van der Waals surface area contributed by atoms with Crippen LogP contribution in [0, 0.1) is 19.7 Å². The van der Waals surface area contributed by atoms with Crippen molar-refractivity contribution < 1.29 is 13.7 Å². The first kappa shape index (κ1) is 19.8. The molecule has 1 atom stereocenters. The van der Waals surface area contributed by atoms with Crippen molar-refractivity contribution in [3.05, 3.63) is 64.9 Å². The maximum Gasteiger partial charge on any atom is 0.259 e. The third-order valence-electron chi connectivity index (χ3n) is 5.12. The fourth-order valence-electron chi connectivity index (χ4n) is 3.51. The van der Waals surface area contributed by atoms with Gasteiger partial charge in [-0.25, -0.2) is 9.37 Å². The van der Waals surface area contributed by atoms with Crippen molar-refractivity contribution in [3.8, 4) is 11.3 Å². The Morgan fingerprint density at radius 2 is 1.97 bits per heavy atom. The van der Waals surface area contributed by atoms with Gasteiger partial charge in [-0.2, -0.15) is 5.10 Å². The summed E-state index contributed by atoms with van der Waals surface area (Å²) in [6, 6.07) is 7.37. The Kier molecular flexibility index (Phi) is 5.07. The quantitative estimate of drug-likeness (QED) is 0.531. The third kappa shape index (κ3) is 3.56. The lowest BCUT2D eigenvalue weighted by molar-refractivity contribution is 0.0941. The minimum Gasteiger partial charge on any atom is -0.345 e. The number of pyridine rings is 1. The number of nitrogens with zero attached hydrogens (tertiary/aromatic N) is 4. The number of aromatic nitrogens is 4. The standard InChI is InChI=1S/C22H22FN5O2/c1-5-28-11-18(13(3)26-28)12(2)24-21(29)17-10-19(15-6-8-16(23)9-7-15)25-22-20(17)14(4)27-30-22/h6-12H,5H2,1-4H3,(H,24,29)/t12-/m1/s1. The number of amides is 1. The van der Waals surface area contributed by atoms with E-state index in [9.17, 15) is 9.18 Å². The predicted molar refractivity (Wildman–Crippen MR) is 110 cm³/mol. The lowest BCUT2D eigenvalue weighted by Crippen LogP contribution is -2.27. The number of nitrogens with one attached hydrogen (secondary N) is 1. The predicted octanol–water partition coefficient (Wildman–Crippen LogP) is 4.35. The molecule has 154 valence electrons. The van der Waals surface area contributed by atoms with Crippen LogP contribution in [0.2, 0.25) is 0 Å². The first-order valence-corrected chi connectivity index (χ1v) is 9.75. The molecule has 8 heteroatoms. The van der Waals surface area contributed by atoms with Crippen LogP contribution in [0.15, 0.2) is 41.1 Å². The van der Waals surface area contributed by atoms with Crippen LogP contribution in [0.1, 0.15) is 47.2 Å². The zero-order valence-corrected chi connectivity index (χ0v) is 17.2. The van der Waals surface area contributed by atoms with Gasteiger partial charge in [-0.3, -0.25) is 9.48 Å². The highest BCUT2D eigenvalue weighted by molar-refractivity contribution is 6.07. The number of benzene rings is 1. The van der Waals surface area contributed by atoms with Gasteiger partial charge in [0.15, 0.2) is 0 Å². The van der Waals surface area contributed by atoms with Gasteiger partial charge in [-0.15, -0.1) is 0 Å². The summed E-state index contributed by atoms with van der Waals surface area (Å²) in [4.78, 5) is 17.7. The largest absolute Gasteiger partial charge is 0.345 e. The average molecular weight is 407 g/mol. The second-order valence-electron chi connectivity index (χ2n) is 7.23. The van der Waals surface area contributed by atoms with Crippen LogP contribution in [0.3, 0.4) is 0 Å². The Hall–Kier alpha value is -3.55. The van der Waals surface area contributed by atoms with Crippen LogP contribution in [-0.2, 0) is 6.54 Å². The maximum atomic E-state index is 13.3. The van der Waals surface area contributed by atoms with Crippen LogP contribution in [0.25, 0.3) is 22.4 Å². The Balaban J connectivity index is 1.72. The lowest BCUT2D eigenvalue weighted by Gasteiger charge is -2.14. The van der Waals surface area contributed by atoms with Gasteiger partial charge in [0.25, 0.3) is 11.6 Å². The van der Waals surface area contributed by atoms with E-state index in [0.29, 0.717) is 27.9 Å². The molecule has 1 N–H and O–H groups in total. The molecule has 7 nitrogen and oxygen atoms in total. The molecule has 1 amide bonds. The molecule has 4 aromatic rings. The van der Waals surface area contributed by atoms with E-state index in [4.69, 9.17) is 4.52 Å². The molecule has 0 spiro atoms. The van der Waals surface area contributed by atoms with Crippen molar-refractivity contribution in [2.24, 2.45) is 0 Å². The number of carbonyl (C=O) groups is 1. The zero-order chi connectivity index (χ0) is 21.4. The summed E-state index contributed by atoms with van der Waals surface area (Å²) in [7, 11) is 0. The normalized spacial score (nSPS) is 12.3. The van der Waals surface area contributed by atoms with E-state index in [1.54, 1.807) is 25.1 Å². The summed E-state index contributed by atoms with van der Waals surface area (Å²) in [6.07, 6.45) is 1.94. The highest BCUT2D eigenvalue weighted by Crippen LogP contribution is 2.28. The Morgan fingerprint density at radius 1 is 1.23 bits per heavy atom. The highest BCUT2D eigenvalue weighted by Gasteiger charge is 2.22. The smallest absolute Gasteiger partial charge is 0.259 e. The van der Waals surface area contributed by atoms with Gasteiger partial charge < -0.3 is 9.84 Å². The lowest BCUT2D eigenvalue weighted by atomic mass is 10.0. The second kappa shape index (κ2) is 7.70. The molecule has 0 saturated heterocycles. The second-order valence-corrected chi connectivity index (χ2v) is 7.23. The van der Waals surface area contributed by atoms with Crippen molar-refractivity contribution in [2.75, 3.05) is 0 Å². The van der Waals surface area contributed by atoms with Crippen LogP contribution >= 0.6 is 0 Å². The van der Waals surface area contributed by atoms with Gasteiger partial charge in [0.05, 0.1) is 34.1 Å². The van der Waals surface area contributed by atoms with Gasteiger partial charge in [0.2, 0.25) is 0 Å². The molecule has 30 heavy (non-hydrogen) atoms. The van der Waals surface area contributed by atoms with Crippen molar-refractivity contribution >= 4 is 17.0 Å². The van der Waals surface area contributed by atoms with Crippen LogP contribution in [-0.4, -0.2) is 25.8 Å². The molecule has 0 unspecified atom stereocenters. The van der Waals surface area contributed by atoms with Crippen LogP contribution < -0.4 is 5.32 Å². The van der Waals surface area contributed by atoms with Gasteiger partial charge in [-0.1, -0.05) is 5.16 Å². The van der Waals surface area contributed by atoms with Crippen molar-refractivity contribution in [2.45, 2.75) is 40.3 Å². The average Bonchev–Trinajstić information content (AvgIpc) is 3.30. The molecule has 1 aromatic carbocycles. The molecule has 0 bridgehead atoms. The van der Waals surface area contributed by atoms with Crippen molar-refractivity contribution in [1.82, 2.24) is 25.2 Å². The fraction of sp³-hybridized carbons (Fsp3) is 0.273. The van der Waals surface area contributed by atoms with Gasteiger partial charge in [-0.05, 0) is 58.0 Å². The number of hydrogen-bond acceptors (Lipinski definition) is 5. The van der Waals surface area contributed by atoms with Crippen LogP contribution in [0.5, 0.6) is 0 Å². The molecular formula is C22H22FN5O2. The number of halogens is 1. The number of carbonyl (C=O) groups excluding carboxylic acids is 1. The first-order valence-electron chi connectivity index (χ1n) is 9.75. The number of hydrogen-bond donors (Lipinski definition) is 1. The topological polar surface area (TPSA) is 85.8 Å². The summed E-state index contributed by atoms with van der Waals surface area (Å²) in [5.41, 5.74) is 4.26. The third-order valence-corrected chi connectivity index (χ3v) is 5.12. The SMILES string of the molecule is CCn1cc([C@@H](C)NC(=O)c2cc(-c3ccc(F)cc3)nc3onc(C)c23)c(C)n1. The van der Waals surface area contributed by atoms with E-state index in [1.807, 2.05) is 31.6 Å². The summed E-state index contributed by atoms with van der Waals surface area (Å²) in [5, 5.41) is 12.0. The van der Waals surface area contributed by atoms with E-state index in [-0.39, 0.29) is 23.5 Å². The van der Waals surface area contributed by atoms with Gasteiger partial charge in [0.1, 0.15) is 5.82 Å². The van der Waals surface area contributed by atoms with Crippen LogP contribution in [0.4, 0.5) is 4.39 Å². The molecule has 0 fully saturated rings. The molecule has 0 aliphatic rings. The fourth-order valence-corrected chi connectivity index (χ4v) is 3.51. The van der Waals surface area contributed by atoms with Gasteiger partial charge >= 0.3 is 0 Å². The summed E-state index contributed by atoms with van der Waals surface area (Å²) in [5.74, 6) is -0.613. The van der Waals surface area contributed by atoms with E-state index in [0.717, 1.165) is 17.8 Å². The summed E-state index contributed by atoms with van der Waals surface area (Å²) >= 11 is 0. The Morgan fingerprint density at radius 3 is 2.63 bits per heavy atom. The van der Waals surface area contributed by atoms with E-state index >= 15 is 0 Å². The van der Waals surface area contributed by atoms with E-state index < -0.39 is 0 Å². The molecule has 3 aromatic heterocycles. The Labute approximate surface area is 172 Å². The summed E-state index contributed by atoms with van der Waals surface area (Å²) < 4.78 is 20.5. The highest BCUT2D eigenvalue weighted by atomic mass is 19.1. The molecule has 4 rings (SSSR count). The zero-order valence-electron chi connectivity index (χ0n) is 17.2. The summed E-state index contributed by atoms with van der Waals surface area (Å²) in [6.45, 7) is 8.38. The number of rotatable bonds is 5. The number of fused-ring (bicyclic) bond motifs is 1. The molecule has 0 saturated carbocycles. The maximum absolute atomic E-state index is 13.3.